The summed E-state index contributed by atoms with van der Waals surface area (Å²) in [6.07, 6.45) is 3.68. The molecule has 0 atom stereocenters. The molecular formula is C18H12FN3O. The van der Waals surface area contributed by atoms with E-state index in [9.17, 15) is 9.65 Å². The minimum absolute atomic E-state index is 0.0745. The van der Waals surface area contributed by atoms with Crippen LogP contribution >= 0.6 is 0 Å². The molecule has 1 heterocycles. The Morgan fingerprint density at radius 3 is 2.52 bits per heavy atom. The Morgan fingerprint density at radius 1 is 1.00 bits per heavy atom. The van der Waals surface area contributed by atoms with E-state index in [4.69, 9.17) is 4.74 Å². The van der Waals surface area contributed by atoms with Crippen molar-refractivity contribution in [2.24, 2.45) is 0 Å². The van der Waals surface area contributed by atoms with Crippen molar-refractivity contribution in [3.63, 3.8) is 0 Å². The van der Waals surface area contributed by atoms with Crippen molar-refractivity contribution >= 4 is 0 Å². The summed E-state index contributed by atoms with van der Waals surface area (Å²) >= 11 is 0. The third-order valence-corrected chi connectivity index (χ3v) is 3.23. The second-order valence-electron chi connectivity index (χ2n) is 4.78. The molecule has 0 aliphatic heterocycles. The Balaban J connectivity index is 2.01. The number of benzene rings is 2. The summed E-state index contributed by atoms with van der Waals surface area (Å²) in [7, 11) is 0. The molecule has 3 aromatic rings. The normalized spacial score (nSPS) is 10.1. The van der Waals surface area contributed by atoms with Gasteiger partial charge in [0.15, 0.2) is 11.6 Å². The van der Waals surface area contributed by atoms with Gasteiger partial charge in [0, 0.05) is 24.4 Å². The number of nitrogens with zero attached hydrogens (tertiary/aromatic N) is 3. The van der Waals surface area contributed by atoms with E-state index in [-0.39, 0.29) is 5.75 Å². The van der Waals surface area contributed by atoms with Gasteiger partial charge in [0.2, 0.25) is 0 Å². The minimum atomic E-state index is -0.484. The quantitative estimate of drug-likeness (QED) is 0.734. The van der Waals surface area contributed by atoms with Gasteiger partial charge in [0.1, 0.15) is 17.6 Å². The van der Waals surface area contributed by atoms with Gasteiger partial charge in [-0.2, -0.15) is 5.26 Å². The van der Waals surface area contributed by atoms with Crippen LogP contribution in [0.3, 0.4) is 0 Å². The zero-order valence-electron chi connectivity index (χ0n) is 12.1. The Hall–Kier alpha value is -3.26. The molecule has 2 aromatic carbocycles. The molecule has 3 rings (SSSR count). The first-order chi connectivity index (χ1) is 11.3. The maximum absolute atomic E-state index is 13.8. The van der Waals surface area contributed by atoms with Crippen LogP contribution in [0.5, 0.6) is 11.5 Å². The standard InChI is InChI=1S/C18H12FN3O/c19-15-7-1-2-8-16(15)23-18-13(5-3-6-14(18)12-20)11-17-21-9-4-10-22-17/h1-10H,11H2. The van der Waals surface area contributed by atoms with E-state index in [0.717, 1.165) is 5.56 Å². The van der Waals surface area contributed by atoms with E-state index in [1.54, 1.807) is 42.7 Å². The number of aromatic nitrogens is 2. The summed E-state index contributed by atoms with van der Waals surface area (Å²) in [4.78, 5) is 8.34. The van der Waals surface area contributed by atoms with Crippen molar-refractivity contribution in [1.82, 2.24) is 9.97 Å². The summed E-state index contributed by atoms with van der Waals surface area (Å²) in [5.41, 5.74) is 1.06. The van der Waals surface area contributed by atoms with E-state index < -0.39 is 5.82 Å². The molecule has 4 nitrogen and oxygen atoms in total. The van der Waals surface area contributed by atoms with Crippen LogP contribution in [-0.4, -0.2) is 9.97 Å². The first kappa shape index (κ1) is 14.7. The highest BCUT2D eigenvalue weighted by Gasteiger charge is 2.14. The number of nitriles is 1. The number of hydrogen-bond acceptors (Lipinski definition) is 4. The van der Waals surface area contributed by atoms with Crippen LogP contribution in [0.15, 0.2) is 60.9 Å². The summed E-state index contributed by atoms with van der Waals surface area (Å²) < 4.78 is 19.5. The maximum Gasteiger partial charge on any atom is 0.165 e. The molecule has 1 aromatic heterocycles. The van der Waals surface area contributed by atoms with E-state index in [1.165, 1.54) is 12.1 Å². The van der Waals surface area contributed by atoms with E-state index in [2.05, 4.69) is 16.0 Å². The Bertz CT molecular complexity index is 860. The van der Waals surface area contributed by atoms with Crippen LogP contribution in [0.2, 0.25) is 0 Å². The highest BCUT2D eigenvalue weighted by atomic mass is 19.1. The van der Waals surface area contributed by atoms with Crippen LogP contribution in [0.25, 0.3) is 0 Å². The first-order valence-electron chi connectivity index (χ1n) is 6.98. The lowest BCUT2D eigenvalue weighted by Gasteiger charge is -2.12. The predicted octanol–water partition coefficient (Wildman–Crippen LogP) is 3.87. The Kier molecular flexibility index (Phi) is 4.25. The smallest absolute Gasteiger partial charge is 0.165 e. The monoisotopic (exact) mass is 305 g/mol. The van der Waals surface area contributed by atoms with Crippen molar-refractivity contribution in [1.29, 1.82) is 5.26 Å². The molecule has 112 valence electrons. The second-order valence-corrected chi connectivity index (χ2v) is 4.78. The van der Waals surface area contributed by atoms with E-state index >= 15 is 0 Å². The molecule has 5 heteroatoms. The molecule has 0 aliphatic rings. The van der Waals surface area contributed by atoms with Gasteiger partial charge in [-0.3, -0.25) is 0 Å². The number of rotatable bonds is 4. The van der Waals surface area contributed by atoms with Gasteiger partial charge in [-0.25, -0.2) is 14.4 Å². The topological polar surface area (TPSA) is 58.8 Å². The molecule has 0 amide bonds. The third-order valence-electron chi connectivity index (χ3n) is 3.23. The summed E-state index contributed by atoms with van der Waals surface area (Å²) in [6.45, 7) is 0. The summed E-state index contributed by atoms with van der Waals surface area (Å²) in [5, 5.41) is 9.30. The summed E-state index contributed by atoms with van der Waals surface area (Å²) in [6, 6.07) is 15.1. The summed E-state index contributed by atoms with van der Waals surface area (Å²) in [5.74, 6) is 0.515. The van der Waals surface area contributed by atoms with Crippen LogP contribution in [0.1, 0.15) is 17.0 Å². The van der Waals surface area contributed by atoms with E-state index in [1.807, 2.05) is 6.07 Å². The largest absolute Gasteiger partial charge is 0.453 e. The SMILES string of the molecule is N#Cc1cccc(Cc2ncccn2)c1Oc1ccccc1F. The molecular weight excluding hydrogens is 293 g/mol. The van der Waals surface area contributed by atoms with Crippen molar-refractivity contribution in [2.45, 2.75) is 6.42 Å². The van der Waals surface area contributed by atoms with Crippen molar-refractivity contribution < 1.29 is 9.13 Å². The van der Waals surface area contributed by atoms with Crippen molar-refractivity contribution in [3.8, 4) is 17.6 Å². The molecule has 0 spiro atoms. The Labute approximate surface area is 132 Å². The molecule has 0 radical (unpaired) electrons. The minimum Gasteiger partial charge on any atom is -0.453 e. The second kappa shape index (κ2) is 6.67. The zero-order chi connectivity index (χ0) is 16.1. The van der Waals surface area contributed by atoms with Gasteiger partial charge >= 0.3 is 0 Å². The number of ether oxygens (including phenoxy) is 1. The molecule has 0 fully saturated rings. The molecule has 0 bridgehead atoms. The van der Waals surface area contributed by atoms with Gasteiger partial charge in [-0.15, -0.1) is 0 Å². The fourth-order valence-corrected chi connectivity index (χ4v) is 2.16. The van der Waals surface area contributed by atoms with Crippen molar-refractivity contribution in [3.05, 3.63) is 83.7 Å². The van der Waals surface area contributed by atoms with Gasteiger partial charge in [-0.1, -0.05) is 24.3 Å². The van der Waals surface area contributed by atoms with Crippen LogP contribution in [0.4, 0.5) is 4.39 Å². The molecule has 23 heavy (non-hydrogen) atoms. The average Bonchev–Trinajstić information content (AvgIpc) is 2.59. The molecule has 0 saturated heterocycles. The third kappa shape index (κ3) is 3.33. The number of para-hydroxylation sites is 2. The maximum atomic E-state index is 13.8. The number of halogens is 1. The Morgan fingerprint density at radius 2 is 1.78 bits per heavy atom. The van der Waals surface area contributed by atoms with E-state index in [0.29, 0.717) is 23.6 Å². The molecule has 0 aliphatic carbocycles. The average molecular weight is 305 g/mol. The number of hydrogen-bond donors (Lipinski definition) is 0. The fourth-order valence-electron chi connectivity index (χ4n) is 2.16. The highest BCUT2D eigenvalue weighted by molar-refractivity contribution is 5.51. The molecule has 0 N–H and O–H groups in total. The zero-order valence-corrected chi connectivity index (χ0v) is 12.1. The predicted molar refractivity (Wildman–Crippen MR) is 82.5 cm³/mol. The van der Waals surface area contributed by atoms with Crippen LogP contribution in [-0.2, 0) is 6.42 Å². The van der Waals surface area contributed by atoms with Gasteiger partial charge < -0.3 is 4.74 Å². The molecule has 0 unspecified atom stereocenters. The van der Waals surface area contributed by atoms with Gasteiger partial charge in [0.25, 0.3) is 0 Å². The fraction of sp³-hybridized carbons (Fsp3) is 0.0556. The lowest BCUT2D eigenvalue weighted by molar-refractivity contribution is 0.437. The van der Waals surface area contributed by atoms with Gasteiger partial charge in [-0.05, 0) is 24.3 Å². The molecule has 0 saturated carbocycles. The van der Waals surface area contributed by atoms with Crippen LogP contribution in [0, 0.1) is 17.1 Å². The van der Waals surface area contributed by atoms with Gasteiger partial charge in [0.05, 0.1) is 5.56 Å². The lowest BCUT2D eigenvalue weighted by Crippen LogP contribution is -2.00. The van der Waals surface area contributed by atoms with Crippen LogP contribution < -0.4 is 4.74 Å². The highest BCUT2D eigenvalue weighted by Crippen LogP contribution is 2.31. The lowest BCUT2D eigenvalue weighted by atomic mass is 10.1. The van der Waals surface area contributed by atoms with Crippen molar-refractivity contribution in [2.75, 3.05) is 0 Å². The first-order valence-corrected chi connectivity index (χ1v) is 6.98.